The smallest absolute Gasteiger partial charge is 0.228 e. The minimum absolute atomic E-state index is 0.0613. The molecule has 0 spiro atoms. The number of anilines is 1. The van der Waals surface area contributed by atoms with Crippen LogP contribution in [-0.2, 0) is 4.79 Å². The fraction of sp³-hybridized carbons (Fsp3) is 0.417. The Labute approximate surface area is 114 Å². The van der Waals surface area contributed by atoms with Gasteiger partial charge in [-0.05, 0) is 53.5 Å². The van der Waals surface area contributed by atoms with Crippen molar-refractivity contribution in [2.45, 2.75) is 12.8 Å². The van der Waals surface area contributed by atoms with Crippen molar-refractivity contribution in [1.29, 1.82) is 0 Å². The molecule has 1 fully saturated rings. The topological polar surface area (TPSA) is 41.1 Å². The van der Waals surface area contributed by atoms with E-state index in [1.165, 1.54) is 0 Å². The predicted octanol–water partition coefficient (Wildman–Crippen LogP) is 3.04. The average Bonchev–Trinajstić information content (AvgIpc) is 2.35. The van der Waals surface area contributed by atoms with Gasteiger partial charge >= 0.3 is 0 Å². The molecule has 1 aliphatic rings. The van der Waals surface area contributed by atoms with E-state index in [2.05, 4.69) is 26.6 Å². The summed E-state index contributed by atoms with van der Waals surface area (Å²) in [6.07, 6.45) is 2.00. The van der Waals surface area contributed by atoms with Crippen LogP contribution in [0.25, 0.3) is 0 Å². The van der Waals surface area contributed by atoms with Crippen molar-refractivity contribution in [3.63, 3.8) is 0 Å². The third kappa shape index (κ3) is 3.44. The number of hydrogen-bond donors (Lipinski definition) is 2. The van der Waals surface area contributed by atoms with Crippen molar-refractivity contribution in [3.05, 3.63) is 27.7 Å². The van der Waals surface area contributed by atoms with Crippen molar-refractivity contribution in [3.8, 4) is 0 Å². The lowest BCUT2D eigenvalue weighted by Gasteiger charge is -2.21. The van der Waals surface area contributed by atoms with Crippen molar-refractivity contribution in [2.24, 2.45) is 5.92 Å². The van der Waals surface area contributed by atoms with Crippen LogP contribution in [0.15, 0.2) is 22.7 Å². The second kappa shape index (κ2) is 5.85. The van der Waals surface area contributed by atoms with E-state index in [1.807, 2.05) is 12.1 Å². The van der Waals surface area contributed by atoms with Crippen LogP contribution in [0.1, 0.15) is 12.8 Å². The van der Waals surface area contributed by atoms with Gasteiger partial charge in [0.2, 0.25) is 5.91 Å². The van der Waals surface area contributed by atoms with Crippen molar-refractivity contribution in [1.82, 2.24) is 5.32 Å². The Balaban J connectivity index is 1.99. The van der Waals surface area contributed by atoms with E-state index in [0.717, 1.165) is 36.1 Å². The molecule has 17 heavy (non-hydrogen) atoms. The van der Waals surface area contributed by atoms with Crippen LogP contribution in [-0.4, -0.2) is 19.0 Å². The number of hydrogen-bond acceptors (Lipinski definition) is 2. The molecule has 1 aromatic carbocycles. The minimum Gasteiger partial charge on any atom is -0.326 e. The van der Waals surface area contributed by atoms with Gasteiger partial charge in [-0.25, -0.2) is 0 Å². The molecule has 2 rings (SSSR count). The molecule has 1 aromatic rings. The molecule has 0 saturated carbocycles. The normalized spacial score (nSPS) is 20.0. The molecule has 0 aromatic heterocycles. The standard InChI is InChI=1S/C12H14BrClN2O/c13-10-4-3-9(6-11(10)14)16-12(17)8-2-1-5-15-7-8/h3-4,6,8,15H,1-2,5,7H2,(H,16,17)/t8-/m0/s1. The van der Waals surface area contributed by atoms with Gasteiger partial charge in [0.15, 0.2) is 0 Å². The highest BCUT2D eigenvalue weighted by atomic mass is 79.9. The molecule has 1 heterocycles. The molecule has 0 unspecified atom stereocenters. The van der Waals surface area contributed by atoms with Crippen LogP contribution in [0.5, 0.6) is 0 Å². The van der Waals surface area contributed by atoms with Crippen LogP contribution in [0, 0.1) is 5.92 Å². The molecule has 3 nitrogen and oxygen atoms in total. The van der Waals surface area contributed by atoms with E-state index >= 15 is 0 Å². The summed E-state index contributed by atoms with van der Waals surface area (Å²) < 4.78 is 0.830. The second-order valence-electron chi connectivity index (χ2n) is 4.16. The van der Waals surface area contributed by atoms with E-state index in [0.29, 0.717) is 5.02 Å². The summed E-state index contributed by atoms with van der Waals surface area (Å²) in [6.45, 7) is 1.77. The van der Waals surface area contributed by atoms with E-state index in [-0.39, 0.29) is 11.8 Å². The van der Waals surface area contributed by atoms with Crippen molar-refractivity contribution in [2.75, 3.05) is 18.4 Å². The van der Waals surface area contributed by atoms with Crippen LogP contribution in [0.3, 0.4) is 0 Å². The van der Waals surface area contributed by atoms with Gasteiger partial charge in [0.05, 0.1) is 10.9 Å². The number of piperidine rings is 1. The first-order chi connectivity index (χ1) is 8.16. The molecule has 5 heteroatoms. The number of benzene rings is 1. The molecule has 0 bridgehead atoms. The molecule has 2 N–H and O–H groups in total. The molecule has 1 amide bonds. The number of nitrogens with one attached hydrogen (secondary N) is 2. The highest BCUT2D eigenvalue weighted by Crippen LogP contribution is 2.26. The second-order valence-corrected chi connectivity index (χ2v) is 5.42. The number of halogens is 2. The van der Waals surface area contributed by atoms with Gasteiger partial charge in [0, 0.05) is 16.7 Å². The first-order valence-corrected chi connectivity index (χ1v) is 6.80. The maximum atomic E-state index is 12.0. The fourth-order valence-corrected chi connectivity index (χ4v) is 2.32. The molecule has 0 radical (unpaired) electrons. The Hall–Kier alpha value is -0.580. The van der Waals surface area contributed by atoms with E-state index in [4.69, 9.17) is 11.6 Å². The summed E-state index contributed by atoms with van der Waals surface area (Å²) in [4.78, 5) is 12.0. The molecule has 1 saturated heterocycles. The van der Waals surface area contributed by atoms with E-state index in [9.17, 15) is 4.79 Å². The first kappa shape index (κ1) is 12.9. The van der Waals surface area contributed by atoms with Gasteiger partial charge in [-0.3, -0.25) is 4.79 Å². The molecule has 1 aliphatic heterocycles. The van der Waals surface area contributed by atoms with Crippen LogP contribution >= 0.6 is 27.5 Å². The van der Waals surface area contributed by atoms with Crippen molar-refractivity contribution >= 4 is 39.1 Å². The van der Waals surface area contributed by atoms with Crippen LogP contribution in [0.4, 0.5) is 5.69 Å². The Morgan fingerprint density at radius 1 is 1.53 bits per heavy atom. The summed E-state index contributed by atoms with van der Waals surface area (Å²) in [6, 6.07) is 5.42. The van der Waals surface area contributed by atoms with Gasteiger partial charge in [0.25, 0.3) is 0 Å². The van der Waals surface area contributed by atoms with Gasteiger partial charge in [-0.1, -0.05) is 11.6 Å². The van der Waals surface area contributed by atoms with Crippen LogP contribution in [0.2, 0.25) is 5.02 Å². The number of rotatable bonds is 2. The summed E-state index contributed by atoms with van der Waals surface area (Å²) in [5.74, 6) is 0.127. The maximum Gasteiger partial charge on any atom is 0.228 e. The van der Waals surface area contributed by atoms with Gasteiger partial charge in [-0.15, -0.1) is 0 Å². The zero-order chi connectivity index (χ0) is 12.3. The fourth-order valence-electron chi connectivity index (χ4n) is 1.89. The number of carbonyl (C=O) groups is 1. The minimum atomic E-state index is 0.0613. The molecule has 92 valence electrons. The monoisotopic (exact) mass is 316 g/mol. The third-order valence-corrected chi connectivity index (χ3v) is 4.09. The SMILES string of the molecule is O=C(Nc1ccc(Br)c(Cl)c1)[C@H]1CCCNC1. The first-order valence-electron chi connectivity index (χ1n) is 5.63. The summed E-state index contributed by atoms with van der Waals surface area (Å²) >= 11 is 9.29. The van der Waals surface area contributed by atoms with Crippen LogP contribution < -0.4 is 10.6 Å². The summed E-state index contributed by atoms with van der Waals surface area (Å²) in [7, 11) is 0. The number of carbonyl (C=O) groups excluding carboxylic acids is 1. The lowest BCUT2D eigenvalue weighted by atomic mass is 9.99. The zero-order valence-corrected chi connectivity index (χ0v) is 11.6. The Morgan fingerprint density at radius 2 is 2.35 bits per heavy atom. The van der Waals surface area contributed by atoms with E-state index in [1.54, 1.807) is 6.07 Å². The molecular formula is C12H14BrClN2O. The largest absolute Gasteiger partial charge is 0.326 e. The van der Waals surface area contributed by atoms with Crippen molar-refractivity contribution < 1.29 is 4.79 Å². The maximum absolute atomic E-state index is 12.0. The highest BCUT2D eigenvalue weighted by Gasteiger charge is 2.20. The molecule has 0 aliphatic carbocycles. The number of amides is 1. The quantitative estimate of drug-likeness (QED) is 0.880. The average molecular weight is 318 g/mol. The Kier molecular flexibility index (Phi) is 4.42. The van der Waals surface area contributed by atoms with Gasteiger partial charge < -0.3 is 10.6 Å². The van der Waals surface area contributed by atoms with Gasteiger partial charge in [0.1, 0.15) is 0 Å². The third-order valence-electron chi connectivity index (χ3n) is 2.85. The highest BCUT2D eigenvalue weighted by molar-refractivity contribution is 9.10. The lowest BCUT2D eigenvalue weighted by Crippen LogP contribution is -2.37. The lowest BCUT2D eigenvalue weighted by molar-refractivity contribution is -0.120. The summed E-state index contributed by atoms with van der Waals surface area (Å²) in [5.41, 5.74) is 0.744. The van der Waals surface area contributed by atoms with Gasteiger partial charge in [-0.2, -0.15) is 0 Å². The summed E-state index contributed by atoms with van der Waals surface area (Å²) in [5, 5.41) is 6.72. The molecular weight excluding hydrogens is 304 g/mol. The Bertz CT molecular complexity index is 419. The van der Waals surface area contributed by atoms with E-state index < -0.39 is 0 Å². The molecule has 1 atom stereocenters. The Morgan fingerprint density at radius 3 is 3.00 bits per heavy atom. The zero-order valence-electron chi connectivity index (χ0n) is 9.30. The predicted molar refractivity (Wildman–Crippen MR) is 73.4 cm³/mol.